The molecule has 1 aromatic heterocycles. The highest BCUT2D eigenvalue weighted by Crippen LogP contribution is 2.31. The Hall–Kier alpha value is -3.64. The Morgan fingerprint density at radius 2 is 1.82 bits per heavy atom. The van der Waals surface area contributed by atoms with Crippen molar-refractivity contribution in [3.05, 3.63) is 83.2 Å². The van der Waals surface area contributed by atoms with E-state index in [1.165, 1.54) is 0 Å². The second-order valence-electron chi connectivity index (χ2n) is 8.42. The molecule has 1 heterocycles. The van der Waals surface area contributed by atoms with Gasteiger partial charge in [-0.05, 0) is 47.7 Å². The number of rotatable bonds is 10. The van der Waals surface area contributed by atoms with Gasteiger partial charge < -0.3 is 19.5 Å². The summed E-state index contributed by atoms with van der Waals surface area (Å²) in [7, 11) is 0. The van der Waals surface area contributed by atoms with Gasteiger partial charge in [0.15, 0.2) is 0 Å². The molecule has 3 aromatic carbocycles. The van der Waals surface area contributed by atoms with Crippen LogP contribution in [0.15, 0.2) is 60.7 Å². The number of carbonyl (C=O) groups is 1. The van der Waals surface area contributed by atoms with Gasteiger partial charge in [0.05, 0.1) is 17.7 Å². The predicted octanol–water partition coefficient (Wildman–Crippen LogP) is 5.47. The van der Waals surface area contributed by atoms with Gasteiger partial charge in [-0.3, -0.25) is 0 Å². The molecule has 0 fully saturated rings. The summed E-state index contributed by atoms with van der Waals surface area (Å²) in [5, 5.41) is 18.8. The summed E-state index contributed by atoms with van der Waals surface area (Å²) in [5.41, 5.74) is 5.90. The van der Waals surface area contributed by atoms with Crippen molar-refractivity contribution >= 4 is 17.0 Å². The third-order valence-corrected chi connectivity index (χ3v) is 6.00. The van der Waals surface area contributed by atoms with Crippen molar-refractivity contribution < 1.29 is 19.7 Å². The third kappa shape index (κ3) is 4.82. The van der Waals surface area contributed by atoms with Gasteiger partial charge in [0.1, 0.15) is 23.7 Å². The fraction of sp³-hybridized carbons (Fsp3) is 0.286. The first-order valence-corrected chi connectivity index (χ1v) is 11.7. The topological polar surface area (TPSA) is 84.6 Å². The third-order valence-electron chi connectivity index (χ3n) is 6.00. The number of unbranched alkanes of at least 4 members (excludes halogenated alkanes) is 1. The highest BCUT2D eigenvalue weighted by atomic mass is 16.5. The Balaban J connectivity index is 1.73. The standard InChI is InChI=1S/C28H30N2O4/c1-3-4-9-25-29-26-19(2)10-15-24(34-17-16-31)27(26)30(25)18-20-11-13-21(14-12-20)22-7-5-6-8-23(22)28(32)33/h5-8,10-15,31H,3-4,9,16-18H2,1-2H3,(H,32,33). The SMILES string of the molecule is CCCCc1nc2c(C)ccc(OCCO)c2n1Cc1ccc(-c2ccccc2C(=O)O)cc1. The van der Waals surface area contributed by atoms with Crippen LogP contribution in [0.5, 0.6) is 5.75 Å². The van der Waals surface area contributed by atoms with E-state index < -0.39 is 5.97 Å². The van der Waals surface area contributed by atoms with Crippen LogP contribution in [0.25, 0.3) is 22.2 Å². The number of hydrogen-bond donors (Lipinski definition) is 2. The molecule has 4 rings (SSSR count). The van der Waals surface area contributed by atoms with Gasteiger partial charge in [-0.1, -0.05) is 61.9 Å². The van der Waals surface area contributed by atoms with E-state index in [0.717, 1.165) is 58.6 Å². The number of hydrogen-bond acceptors (Lipinski definition) is 4. The number of aliphatic hydroxyl groups excluding tert-OH is 1. The molecule has 0 spiro atoms. The summed E-state index contributed by atoms with van der Waals surface area (Å²) in [6, 6.07) is 19.0. The minimum atomic E-state index is -0.934. The van der Waals surface area contributed by atoms with E-state index in [1.807, 2.05) is 55.5 Å². The van der Waals surface area contributed by atoms with Crippen molar-refractivity contribution in [1.82, 2.24) is 9.55 Å². The molecule has 0 bridgehead atoms. The summed E-state index contributed by atoms with van der Waals surface area (Å²) in [6.45, 7) is 5.02. The largest absolute Gasteiger partial charge is 0.489 e. The molecule has 0 atom stereocenters. The Morgan fingerprint density at radius 1 is 1.06 bits per heavy atom. The Bertz CT molecular complexity index is 1290. The average molecular weight is 459 g/mol. The number of aromatic carboxylic acids is 1. The molecule has 0 unspecified atom stereocenters. The zero-order valence-corrected chi connectivity index (χ0v) is 19.6. The van der Waals surface area contributed by atoms with E-state index in [1.54, 1.807) is 12.1 Å². The summed E-state index contributed by atoms with van der Waals surface area (Å²) in [4.78, 5) is 16.6. The molecule has 34 heavy (non-hydrogen) atoms. The van der Waals surface area contributed by atoms with Crippen molar-refractivity contribution in [2.45, 2.75) is 39.7 Å². The number of aliphatic hydroxyl groups is 1. The number of carboxylic acids is 1. The Labute approximate surface area is 199 Å². The fourth-order valence-corrected chi connectivity index (χ4v) is 4.24. The first kappa shape index (κ1) is 23.5. The number of imidazole rings is 1. The van der Waals surface area contributed by atoms with Crippen LogP contribution in [-0.4, -0.2) is 38.9 Å². The van der Waals surface area contributed by atoms with Crippen molar-refractivity contribution in [3.8, 4) is 16.9 Å². The molecule has 0 saturated carbocycles. The average Bonchev–Trinajstić information content (AvgIpc) is 3.22. The zero-order chi connectivity index (χ0) is 24.1. The molecule has 2 N–H and O–H groups in total. The van der Waals surface area contributed by atoms with E-state index in [2.05, 4.69) is 11.5 Å². The van der Waals surface area contributed by atoms with E-state index >= 15 is 0 Å². The lowest BCUT2D eigenvalue weighted by molar-refractivity contribution is 0.0697. The molecule has 0 aliphatic rings. The smallest absolute Gasteiger partial charge is 0.336 e. The van der Waals surface area contributed by atoms with Crippen molar-refractivity contribution in [1.29, 1.82) is 0 Å². The Morgan fingerprint density at radius 3 is 2.53 bits per heavy atom. The molecular formula is C28H30N2O4. The predicted molar refractivity (Wildman–Crippen MR) is 134 cm³/mol. The molecule has 6 nitrogen and oxygen atoms in total. The number of fused-ring (bicyclic) bond motifs is 1. The molecule has 0 radical (unpaired) electrons. The summed E-state index contributed by atoms with van der Waals surface area (Å²) < 4.78 is 8.08. The minimum Gasteiger partial charge on any atom is -0.489 e. The number of carboxylic acid groups (broad SMARTS) is 1. The number of ether oxygens (including phenoxy) is 1. The molecule has 6 heteroatoms. The van der Waals surface area contributed by atoms with Crippen molar-refractivity contribution in [2.75, 3.05) is 13.2 Å². The van der Waals surface area contributed by atoms with Crippen LogP contribution in [-0.2, 0) is 13.0 Å². The maximum Gasteiger partial charge on any atom is 0.336 e. The van der Waals surface area contributed by atoms with Crippen LogP contribution in [0.3, 0.4) is 0 Å². The molecule has 0 saturated heterocycles. The Kier molecular flexibility index (Phi) is 7.28. The highest BCUT2D eigenvalue weighted by Gasteiger charge is 2.18. The number of nitrogens with zero attached hydrogens (tertiary/aromatic N) is 2. The maximum absolute atomic E-state index is 11.6. The fourth-order valence-electron chi connectivity index (χ4n) is 4.24. The zero-order valence-electron chi connectivity index (χ0n) is 19.6. The van der Waals surface area contributed by atoms with Gasteiger partial charge in [0.25, 0.3) is 0 Å². The van der Waals surface area contributed by atoms with Gasteiger partial charge >= 0.3 is 5.97 Å². The summed E-state index contributed by atoms with van der Waals surface area (Å²) in [6.07, 6.45) is 2.99. The van der Waals surface area contributed by atoms with Crippen LogP contribution in [0.1, 0.15) is 47.1 Å². The van der Waals surface area contributed by atoms with E-state index in [-0.39, 0.29) is 13.2 Å². The maximum atomic E-state index is 11.6. The van der Waals surface area contributed by atoms with Crippen molar-refractivity contribution in [3.63, 3.8) is 0 Å². The van der Waals surface area contributed by atoms with Crippen LogP contribution in [0, 0.1) is 6.92 Å². The van der Waals surface area contributed by atoms with Gasteiger partial charge in [0.2, 0.25) is 0 Å². The lowest BCUT2D eigenvalue weighted by Gasteiger charge is -2.14. The van der Waals surface area contributed by atoms with Crippen LogP contribution in [0.4, 0.5) is 0 Å². The second kappa shape index (κ2) is 10.5. The number of aromatic nitrogens is 2. The van der Waals surface area contributed by atoms with Gasteiger partial charge in [-0.25, -0.2) is 9.78 Å². The van der Waals surface area contributed by atoms with E-state index in [9.17, 15) is 15.0 Å². The molecule has 0 aliphatic heterocycles. The lowest BCUT2D eigenvalue weighted by Crippen LogP contribution is -2.08. The highest BCUT2D eigenvalue weighted by molar-refractivity contribution is 5.96. The molecule has 176 valence electrons. The normalized spacial score (nSPS) is 11.1. The molecule has 0 aliphatic carbocycles. The van der Waals surface area contributed by atoms with Gasteiger partial charge in [0, 0.05) is 13.0 Å². The van der Waals surface area contributed by atoms with Crippen LogP contribution in [0.2, 0.25) is 0 Å². The van der Waals surface area contributed by atoms with Crippen LogP contribution < -0.4 is 4.74 Å². The summed E-state index contributed by atoms with van der Waals surface area (Å²) in [5.74, 6) is 0.799. The first-order chi connectivity index (χ1) is 16.5. The molecule has 4 aromatic rings. The minimum absolute atomic E-state index is 0.0501. The monoisotopic (exact) mass is 458 g/mol. The van der Waals surface area contributed by atoms with E-state index in [0.29, 0.717) is 17.7 Å². The van der Waals surface area contributed by atoms with Gasteiger partial charge in [-0.2, -0.15) is 0 Å². The van der Waals surface area contributed by atoms with Crippen LogP contribution >= 0.6 is 0 Å². The van der Waals surface area contributed by atoms with Gasteiger partial charge in [-0.15, -0.1) is 0 Å². The summed E-state index contributed by atoms with van der Waals surface area (Å²) >= 11 is 0. The molecular weight excluding hydrogens is 428 g/mol. The second-order valence-corrected chi connectivity index (χ2v) is 8.42. The molecule has 0 amide bonds. The quantitative estimate of drug-likeness (QED) is 0.329. The van der Waals surface area contributed by atoms with E-state index in [4.69, 9.17) is 9.72 Å². The number of aryl methyl sites for hydroxylation is 2. The first-order valence-electron chi connectivity index (χ1n) is 11.7. The lowest BCUT2D eigenvalue weighted by atomic mass is 9.98. The van der Waals surface area contributed by atoms with Crippen molar-refractivity contribution in [2.24, 2.45) is 0 Å². The number of benzene rings is 3.